The quantitative estimate of drug-likeness (QED) is 0.315. The van der Waals surface area contributed by atoms with Crippen molar-refractivity contribution in [2.75, 3.05) is 44.3 Å². The fourth-order valence-electron chi connectivity index (χ4n) is 5.85. The molecule has 2 saturated heterocycles. The van der Waals surface area contributed by atoms with Crippen molar-refractivity contribution in [2.45, 2.75) is 31.7 Å². The summed E-state index contributed by atoms with van der Waals surface area (Å²) in [5.74, 6) is 0.795. The zero-order valence-electron chi connectivity index (χ0n) is 22.8. The van der Waals surface area contributed by atoms with Gasteiger partial charge in [-0.05, 0) is 48.9 Å². The molecule has 3 aliphatic rings. The van der Waals surface area contributed by atoms with Crippen LogP contribution in [0.4, 0.5) is 10.1 Å². The molecule has 9 nitrogen and oxygen atoms in total. The van der Waals surface area contributed by atoms with E-state index in [2.05, 4.69) is 14.4 Å². The normalized spacial score (nSPS) is 20.5. The Morgan fingerprint density at radius 2 is 1.93 bits per heavy atom. The van der Waals surface area contributed by atoms with Gasteiger partial charge in [-0.3, -0.25) is 4.90 Å². The van der Waals surface area contributed by atoms with Gasteiger partial charge in [-0.25, -0.2) is 14.2 Å². The van der Waals surface area contributed by atoms with E-state index in [0.29, 0.717) is 35.2 Å². The topological polar surface area (TPSA) is 89.3 Å². The second-order valence-electron chi connectivity index (χ2n) is 10.9. The highest BCUT2D eigenvalue weighted by Crippen LogP contribution is 2.44. The van der Waals surface area contributed by atoms with Gasteiger partial charge in [0.15, 0.2) is 17.6 Å². The third-order valence-corrected chi connectivity index (χ3v) is 8.48. The third kappa shape index (κ3) is 5.14. The molecule has 218 valence electrons. The zero-order valence-corrected chi connectivity index (χ0v) is 23.6. The second-order valence-corrected chi connectivity index (χ2v) is 11.3. The molecule has 2 atom stereocenters. The van der Waals surface area contributed by atoms with Crippen molar-refractivity contribution in [2.24, 2.45) is 0 Å². The number of hydrogen-bond donors (Lipinski definition) is 1. The zero-order chi connectivity index (χ0) is 28.8. The van der Waals surface area contributed by atoms with Crippen molar-refractivity contribution >= 4 is 34.3 Å². The Balaban J connectivity index is 1.07. The summed E-state index contributed by atoms with van der Waals surface area (Å²) in [5, 5.41) is 9.86. The first-order valence-corrected chi connectivity index (χ1v) is 14.5. The number of carboxylic acids is 1. The summed E-state index contributed by atoms with van der Waals surface area (Å²) >= 11 is 5.95. The van der Waals surface area contributed by atoms with Crippen LogP contribution in [0.25, 0.3) is 11.0 Å². The summed E-state index contributed by atoms with van der Waals surface area (Å²) in [6.45, 7) is 5.36. The molecule has 0 saturated carbocycles. The minimum atomic E-state index is -0.954. The van der Waals surface area contributed by atoms with Gasteiger partial charge in [-0.2, -0.15) is 0 Å². The number of fused-ring (bicyclic) bond motifs is 2. The molecule has 0 radical (unpaired) electrons. The van der Waals surface area contributed by atoms with Gasteiger partial charge in [-0.15, -0.1) is 0 Å². The molecule has 4 aromatic rings. The number of para-hydroxylation sites is 1. The van der Waals surface area contributed by atoms with Crippen LogP contribution in [0.1, 0.15) is 34.3 Å². The van der Waals surface area contributed by atoms with E-state index < -0.39 is 17.9 Å². The number of nitrogens with zero attached hydrogens (tertiary/aromatic N) is 4. The smallest absolute Gasteiger partial charge is 0.335 e. The van der Waals surface area contributed by atoms with Crippen molar-refractivity contribution in [1.82, 2.24) is 14.5 Å². The highest BCUT2D eigenvalue weighted by molar-refractivity contribution is 6.30. The van der Waals surface area contributed by atoms with Crippen molar-refractivity contribution in [3.8, 4) is 11.5 Å². The van der Waals surface area contributed by atoms with Crippen LogP contribution in [0.3, 0.4) is 0 Å². The highest BCUT2D eigenvalue weighted by Gasteiger charge is 2.30. The molecule has 2 unspecified atom stereocenters. The van der Waals surface area contributed by atoms with E-state index in [-0.39, 0.29) is 18.3 Å². The largest absolute Gasteiger partial charge is 0.485 e. The van der Waals surface area contributed by atoms with Crippen molar-refractivity contribution in [3.63, 3.8) is 0 Å². The Morgan fingerprint density at radius 3 is 2.67 bits per heavy atom. The summed E-state index contributed by atoms with van der Waals surface area (Å²) in [5.41, 5.74) is 3.18. The number of hydrogen-bond acceptors (Lipinski definition) is 7. The first-order valence-electron chi connectivity index (χ1n) is 14.1. The lowest BCUT2D eigenvalue weighted by atomic mass is 10.1. The number of rotatable bonds is 7. The average Bonchev–Trinajstić information content (AvgIpc) is 3.30. The Morgan fingerprint density at radius 1 is 1.10 bits per heavy atom. The molecule has 3 aliphatic heterocycles. The lowest BCUT2D eigenvalue weighted by Gasteiger charge is -2.38. The summed E-state index contributed by atoms with van der Waals surface area (Å²) in [7, 11) is 0. The molecule has 4 heterocycles. The molecule has 42 heavy (non-hydrogen) atoms. The SMILES string of the molecule is O=C(O)c1ccc2nc(CN3CCN(c4cccc5c4OC(c4ccc(Cl)cc4F)CO5)CC3)n(CC3CCO3)c2c1. The maximum absolute atomic E-state index is 14.7. The van der Waals surface area contributed by atoms with Crippen LogP contribution in [0.2, 0.25) is 5.02 Å². The van der Waals surface area contributed by atoms with Gasteiger partial charge in [0, 0.05) is 43.4 Å². The molecule has 3 aromatic carbocycles. The van der Waals surface area contributed by atoms with Gasteiger partial charge in [0.1, 0.15) is 18.2 Å². The van der Waals surface area contributed by atoms with Crippen LogP contribution in [-0.2, 0) is 17.8 Å². The lowest BCUT2D eigenvalue weighted by Crippen LogP contribution is -2.46. The predicted octanol–water partition coefficient (Wildman–Crippen LogP) is 5.15. The summed E-state index contributed by atoms with van der Waals surface area (Å²) in [4.78, 5) is 21.1. The van der Waals surface area contributed by atoms with Gasteiger partial charge in [0.25, 0.3) is 0 Å². The Kier molecular flexibility index (Phi) is 7.13. The highest BCUT2D eigenvalue weighted by atomic mass is 35.5. The molecule has 2 fully saturated rings. The molecular formula is C31H30ClFN4O5. The van der Waals surface area contributed by atoms with Gasteiger partial charge in [-0.1, -0.05) is 23.7 Å². The number of benzene rings is 3. The standard InChI is InChI=1S/C31H30ClFN4O5/c32-20-5-6-22(23(33)15-20)28-18-41-27-3-1-2-25(30(27)42-28)36-11-9-35(10-12-36)17-29-34-24-7-4-19(31(38)39)14-26(24)37(29)16-21-8-13-40-21/h1-7,14-15,21,28H,8-13,16-18H2,(H,38,39). The van der Waals surface area contributed by atoms with E-state index >= 15 is 0 Å². The van der Waals surface area contributed by atoms with Gasteiger partial charge in [0.05, 0.1) is 41.5 Å². The maximum Gasteiger partial charge on any atom is 0.335 e. The second kappa shape index (κ2) is 11.1. The van der Waals surface area contributed by atoms with E-state index in [1.54, 1.807) is 30.3 Å². The van der Waals surface area contributed by atoms with Crippen LogP contribution in [0.5, 0.6) is 11.5 Å². The maximum atomic E-state index is 14.7. The Hall–Kier alpha value is -3.86. The number of aromatic carboxylic acids is 1. The van der Waals surface area contributed by atoms with Crippen molar-refractivity contribution < 1.29 is 28.5 Å². The Bertz CT molecular complexity index is 1650. The van der Waals surface area contributed by atoms with Gasteiger partial charge in [0.2, 0.25) is 0 Å². The fraction of sp³-hybridized carbons (Fsp3) is 0.355. The van der Waals surface area contributed by atoms with E-state index in [1.807, 2.05) is 18.2 Å². The number of ether oxygens (including phenoxy) is 3. The molecule has 7 rings (SSSR count). The third-order valence-electron chi connectivity index (χ3n) is 8.25. The number of aromatic nitrogens is 2. The van der Waals surface area contributed by atoms with Crippen molar-refractivity contribution in [1.29, 1.82) is 0 Å². The summed E-state index contributed by atoms with van der Waals surface area (Å²) in [6.07, 6.45) is 0.518. The van der Waals surface area contributed by atoms with Gasteiger partial charge >= 0.3 is 5.97 Å². The van der Waals surface area contributed by atoms with E-state index in [4.69, 9.17) is 30.8 Å². The molecule has 1 aromatic heterocycles. The lowest BCUT2D eigenvalue weighted by molar-refractivity contribution is -0.0592. The number of carboxylic acid groups (broad SMARTS) is 1. The predicted molar refractivity (Wildman–Crippen MR) is 155 cm³/mol. The van der Waals surface area contributed by atoms with E-state index in [0.717, 1.165) is 61.8 Å². The molecular weight excluding hydrogens is 563 g/mol. The molecule has 0 bridgehead atoms. The fourth-order valence-corrected chi connectivity index (χ4v) is 6.01. The number of halogens is 2. The Labute approximate surface area is 247 Å². The minimum absolute atomic E-state index is 0.114. The van der Waals surface area contributed by atoms with E-state index in [1.165, 1.54) is 6.07 Å². The van der Waals surface area contributed by atoms with Gasteiger partial charge < -0.3 is 28.8 Å². The number of carbonyl (C=O) groups is 1. The summed E-state index contributed by atoms with van der Waals surface area (Å²) < 4.78 is 34.8. The van der Waals surface area contributed by atoms with Crippen molar-refractivity contribution in [3.05, 3.63) is 82.4 Å². The van der Waals surface area contributed by atoms with Crippen LogP contribution in [0, 0.1) is 5.82 Å². The van der Waals surface area contributed by atoms with E-state index in [9.17, 15) is 14.3 Å². The summed E-state index contributed by atoms with van der Waals surface area (Å²) in [6, 6.07) is 15.5. The average molecular weight is 593 g/mol. The molecule has 0 amide bonds. The monoisotopic (exact) mass is 592 g/mol. The van der Waals surface area contributed by atoms with Crippen LogP contribution in [-0.4, -0.2) is 71.0 Å². The molecule has 11 heteroatoms. The number of piperazine rings is 1. The molecule has 0 aliphatic carbocycles. The van der Waals surface area contributed by atoms with Crippen LogP contribution < -0.4 is 14.4 Å². The molecule has 0 spiro atoms. The van der Waals surface area contributed by atoms with Crippen LogP contribution in [0.15, 0.2) is 54.6 Å². The molecule has 1 N–H and O–H groups in total. The first kappa shape index (κ1) is 27.0. The number of imidazole rings is 1. The van der Waals surface area contributed by atoms with Crippen LogP contribution >= 0.6 is 11.6 Å². The number of anilines is 1. The first-order chi connectivity index (χ1) is 20.4. The minimum Gasteiger partial charge on any atom is -0.485 e.